The molecule has 0 radical (unpaired) electrons. The van der Waals surface area contributed by atoms with Crippen molar-refractivity contribution in [3.05, 3.63) is 29.8 Å². The number of benzene rings is 1. The van der Waals surface area contributed by atoms with E-state index in [1.165, 1.54) is 32.5 Å². The topological polar surface area (TPSA) is 44.4 Å². The molecule has 3 unspecified atom stereocenters. The molecule has 2 heterocycles. The number of anilines is 1. The summed E-state index contributed by atoms with van der Waals surface area (Å²) in [6.45, 7) is 3.70. The van der Waals surface area contributed by atoms with E-state index in [1.54, 1.807) is 0 Å². The van der Waals surface area contributed by atoms with Crippen molar-refractivity contribution >= 4 is 11.6 Å². The van der Waals surface area contributed by atoms with E-state index < -0.39 is 0 Å². The molecule has 4 nitrogen and oxygen atoms in total. The largest absolute Gasteiger partial charge is 0.382 e. The Hall–Kier alpha value is -1.55. The maximum Gasteiger partial charge on any atom is 0.251 e. The van der Waals surface area contributed by atoms with Crippen molar-refractivity contribution in [1.29, 1.82) is 0 Å². The third-order valence-corrected chi connectivity index (χ3v) is 5.02. The number of carbonyl (C=O) groups excluding carboxylic acids is 1. The first-order chi connectivity index (χ1) is 10.3. The van der Waals surface area contributed by atoms with Gasteiger partial charge in [-0.2, -0.15) is 0 Å². The Morgan fingerprint density at radius 2 is 2.00 bits per heavy atom. The Balaban J connectivity index is 1.43. The highest BCUT2D eigenvalue weighted by molar-refractivity contribution is 5.95. The molecule has 1 aromatic rings. The molecule has 1 aliphatic carbocycles. The number of nitrogens with zero attached hydrogens (tertiary/aromatic N) is 1. The van der Waals surface area contributed by atoms with Crippen molar-refractivity contribution in [2.75, 3.05) is 25.0 Å². The lowest BCUT2D eigenvalue weighted by molar-refractivity contribution is 0.0951. The molecule has 0 spiro atoms. The van der Waals surface area contributed by atoms with Crippen molar-refractivity contribution in [3.63, 3.8) is 0 Å². The molecule has 0 aromatic heterocycles. The zero-order valence-corrected chi connectivity index (χ0v) is 12.3. The van der Waals surface area contributed by atoms with Gasteiger partial charge in [-0.3, -0.25) is 4.79 Å². The normalized spacial score (nSPS) is 31.0. The first kappa shape index (κ1) is 13.1. The molecule has 2 bridgehead atoms. The van der Waals surface area contributed by atoms with Gasteiger partial charge in [0.05, 0.1) is 0 Å². The first-order valence-corrected chi connectivity index (χ1v) is 8.18. The maximum absolute atomic E-state index is 12.1. The molecule has 1 saturated carbocycles. The van der Waals surface area contributed by atoms with Crippen LogP contribution in [0, 0.1) is 5.92 Å². The molecule has 3 atom stereocenters. The van der Waals surface area contributed by atoms with Gasteiger partial charge in [0.15, 0.2) is 0 Å². The van der Waals surface area contributed by atoms with Crippen LogP contribution in [0.4, 0.5) is 5.69 Å². The summed E-state index contributed by atoms with van der Waals surface area (Å²) in [4.78, 5) is 14.7. The number of nitrogens with one attached hydrogen (secondary N) is 2. The standard InChI is InChI=1S/C17H23N3O/c21-17(19-14-4-5-14)12-2-1-3-15(10-12)18-16-7-9-20-8-6-13(16)11-20/h1-3,10,13-14,16,18H,4-9,11H2,(H,19,21). The van der Waals surface area contributed by atoms with E-state index in [9.17, 15) is 4.79 Å². The van der Waals surface area contributed by atoms with Crippen molar-refractivity contribution in [2.45, 2.75) is 37.8 Å². The van der Waals surface area contributed by atoms with E-state index >= 15 is 0 Å². The summed E-state index contributed by atoms with van der Waals surface area (Å²) < 4.78 is 0. The second-order valence-corrected chi connectivity index (χ2v) is 6.72. The smallest absolute Gasteiger partial charge is 0.251 e. The molecule has 2 saturated heterocycles. The monoisotopic (exact) mass is 285 g/mol. The zero-order valence-electron chi connectivity index (χ0n) is 12.3. The van der Waals surface area contributed by atoms with Crippen LogP contribution in [0.5, 0.6) is 0 Å². The number of hydrogen-bond donors (Lipinski definition) is 2. The van der Waals surface area contributed by atoms with E-state index in [4.69, 9.17) is 0 Å². The molecular weight excluding hydrogens is 262 g/mol. The summed E-state index contributed by atoms with van der Waals surface area (Å²) in [5.74, 6) is 0.833. The second-order valence-electron chi connectivity index (χ2n) is 6.72. The van der Waals surface area contributed by atoms with Gasteiger partial charge in [-0.15, -0.1) is 0 Å². The van der Waals surface area contributed by atoms with Gasteiger partial charge in [0.1, 0.15) is 0 Å². The average Bonchev–Trinajstić information content (AvgIpc) is 3.23. The number of carbonyl (C=O) groups is 1. The fourth-order valence-electron chi connectivity index (χ4n) is 3.60. The predicted octanol–water partition coefficient (Wildman–Crippen LogP) is 2.08. The van der Waals surface area contributed by atoms with Crippen LogP contribution in [0.1, 0.15) is 36.0 Å². The average molecular weight is 285 g/mol. The highest BCUT2D eigenvalue weighted by atomic mass is 16.1. The molecule has 2 N–H and O–H groups in total. The third-order valence-electron chi connectivity index (χ3n) is 5.02. The Morgan fingerprint density at radius 1 is 1.14 bits per heavy atom. The summed E-state index contributed by atoms with van der Waals surface area (Å²) in [5.41, 5.74) is 1.86. The summed E-state index contributed by atoms with van der Waals surface area (Å²) in [5, 5.41) is 6.72. The van der Waals surface area contributed by atoms with Crippen LogP contribution in [0.15, 0.2) is 24.3 Å². The van der Waals surface area contributed by atoms with E-state index in [0.29, 0.717) is 12.1 Å². The van der Waals surface area contributed by atoms with E-state index in [1.807, 2.05) is 18.2 Å². The summed E-state index contributed by atoms with van der Waals surface area (Å²) >= 11 is 0. The fourth-order valence-corrected chi connectivity index (χ4v) is 3.60. The third kappa shape index (κ3) is 2.91. The number of hydrogen-bond acceptors (Lipinski definition) is 3. The fraction of sp³-hybridized carbons (Fsp3) is 0.588. The molecule has 112 valence electrons. The van der Waals surface area contributed by atoms with Gasteiger partial charge >= 0.3 is 0 Å². The molecule has 2 aliphatic heterocycles. The summed E-state index contributed by atoms with van der Waals surface area (Å²) in [6, 6.07) is 8.94. The van der Waals surface area contributed by atoms with Gasteiger partial charge in [0, 0.05) is 36.4 Å². The van der Waals surface area contributed by atoms with Crippen LogP contribution >= 0.6 is 0 Å². The molecule has 3 aliphatic rings. The highest BCUT2D eigenvalue weighted by Gasteiger charge is 2.34. The zero-order chi connectivity index (χ0) is 14.2. The van der Waals surface area contributed by atoms with Gasteiger partial charge in [0.25, 0.3) is 5.91 Å². The molecule has 21 heavy (non-hydrogen) atoms. The highest BCUT2D eigenvalue weighted by Crippen LogP contribution is 2.29. The minimum atomic E-state index is 0.0665. The van der Waals surface area contributed by atoms with Gasteiger partial charge in [0.2, 0.25) is 0 Å². The SMILES string of the molecule is O=C(NC1CC1)c1cccc(NC2CCN3CCC2C3)c1. The van der Waals surface area contributed by atoms with Gasteiger partial charge < -0.3 is 15.5 Å². The number of piperidine rings is 1. The molecule has 4 rings (SSSR count). The Labute approximate surface area is 125 Å². The number of rotatable bonds is 4. The minimum absolute atomic E-state index is 0.0665. The molecule has 3 fully saturated rings. The van der Waals surface area contributed by atoms with Crippen molar-refractivity contribution in [1.82, 2.24) is 10.2 Å². The molecule has 1 amide bonds. The number of amides is 1. The minimum Gasteiger partial charge on any atom is -0.382 e. The van der Waals surface area contributed by atoms with Crippen LogP contribution in [0.2, 0.25) is 0 Å². The van der Waals surface area contributed by atoms with Crippen LogP contribution in [0.25, 0.3) is 0 Å². The Kier molecular flexibility index (Phi) is 3.34. The quantitative estimate of drug-likeness (QED) is 0.890. The lowest BCUT2D eigenvalue weighted by Gasteiger charge is -2.31. The van der Waals surface area contributed by atoms with Crippen LogP contribution in [0.3, 0.4) is 0 Å². The Morgan fingerprint density at radius 3 is 2.86 bits per heavy atom. The van der Waals surface area contributed by atoms with Gasteiger partial charge in [-0.25, -0.2) is 0 Å². The van der Waals surface area contributed by atoms with Crippen LogP contribution < -0.4 is 10.6 Å². The second kappa shape index (κ2) is 5.34. The number of fused-ring (bicyclic) bond motifs is 2. The van der Waals surface area contributed by atoms with Crippen molar-refractivity contribution in [2.24, 2.45) is 5.92 Å². The van der Waals surface area contributed by atoms with Crippen LogP contribution in [-0.4, -0.2) is 42.5 Å². The van der Waals surface area contributed by atoms with Crippen molar-refractivity contribution < 1.29 is 4.79 Å². The van der Waals surface area contributed by atoms with E-state index in [-0.39, 0.29) is 5.91 Å². The lowest BCUT2D eigenvalue weighted by Crippen LogP contribution is -2.39. The predicted molar refractivity (Wildman–Crippen MR) is 83.5 cm³/mol. The van der Waals surface area contributed by atoms with E-state index in [0.717, 1.165) is 30.0 Å². The van der Waals surface area contributed by atoms with Crippen LogP contribution in [-0.2, 0) is 0 Å². The van der Waals surface area contributed by atoms with E-state index in [2.05, 4.69) is 21.6 Å². The van der Waals surface area contributed by atoms with Crippen molar-refractivity contribution in [3.8, 4) is 0 Å². The molecule has 4 heteroatoms. The molecular formula is C17H23N3O. The summed E-state index contributed by atoms with van der Waals surface area (Å²) in [6.07, 6.45) is 4.77. The van der Waals surface area contributed by atoms with Gasteiger partial charge in [-0.05, 0) is 56.3 Å². The first-order valence-electron chi connectivity index (χ1n) is 8.18. The summed E-state index contributed by atoms with van der Waals surface area (Å²) in [7, 11) is 0. The Bertz CT molecular complexity index is 541. The lowest BCUT2D eigenvalue weighted by atomic mass is 9.94. The maximum atomic E-state index is 12.1. The van der Waals surface area contributed by atoms with Gasteiger partial charge in [-0.1, -0.05) is 6.07 Å². The molecule has 1 aromatic carbocycles.